The number of aliphatic imine (C=N–C) groups is 1. The monoisotopic (exact) mass is 437 g/mol. The van der Waals surface area contributed by atoms with Gasteiger partial charge in [-0.15, -0.1) is 11.3 Å². The maximum absolute atomic E-state index is 12.7. The minimum absolute atomic E-state index is 0.0859. The first-order valence-electron chi connectivity index (χ1n) is 10.2. The van der Waals surface area contributed by atoms with Gasteiger partial charge in [-0.1, -0.05) is 54.6 Å². The number of rotatable bonds is 4. The van der Waals surface area contributed by atoms with Crippen molar-refractivity contribution in [2.75, 3.05) is 10.6 Å². The number of thiophene rings is 1. The predicted molar refractivity (Wildman–Crippen MR) is 130 cm³/mol. The topological polar surface area (TPSA) is 70.6 Å². The fourth-order valence-corrected chi connectivity index (χ4v) is 4.25. The van der Waals surface area contributed by atoms with Crippen molar-refractivity contribution in [3.63, 3.8) is 0 Å². The largest absolute Gasteiger partial charge is 0.323 e. The summed E-state index contributed by atoms with van der Waals surface area (Å²) in [5, 5.41) is 9.59. The fourth-order valence-electron chi connectivity index (χ4n) is 3.56. The van der Waals surface area contributed by atoms with Gasteiger partial charge in [0.25, 0.3) is 5.91 Å². The first-order valence-corrected chi connectivity index (χ1v) is 11.1. The minimum Gasteiger partial charge on any atom is -0.323 e. The van der Waals surface area contributed by atoms with E-state index in [1.807, 2.05) is 89.6 Å². The maximum Gasteiger partial charge on any atom is 0.255 e. The Labute approximate surface area is 189 Å². The Kier molecular flexibility index (Phi) is 5.35. The second-order valence-corrected chi connectivity index (χ2v) is 8.17. The Balaban J connectivity index is 1.30. The van der Waals surface area contributed by atoms with E-state index in [9.17, 15) is 9.59 Å². The van der Waals surface area contributed by atoms with Crippen LogP contribution in [0, 0.1) is 0 Å². The average molecular weight is 438 g/mol. The summed E-state index contributed by atoms with van der Waals surface area (Å²) < 4.78 is 0. The number of nitrogens with zero attached hydrogens (tertiary/aromatic N) is 1. The Morgan fingerprint density at radius 3 is 2.28 bits per heavy atom. The Morgan fingerprint density at radius 2 is 1.53 bits per heavy atom. The smallest absolute Gasteiger partial charge is 0.255 e. The van der Waals surface area contributed by atoms with Crippen molar-refractivity contribution in [2.24, 2.45) is 4.99 Å². The summed E-state index contributed by atoms with van der Waals surface area (Å²) in [6, 6.07) is 25.0. The third kappa shape index (κ3) is 4.22. The van der Waals surface area contributed by atoms with E-state index in [4.69, 9.17) is 0 Å². The highest BCUT2D eigenvalue weighted by molar-refractivity contribution is 7.09. The molecule has 32 heavy (non-hydrogen) atoms. The van der Waals surface area contributed by atoms with Crippen molar-refractivity contribution in [2.45, 2.75) is 6.42 Å². The molecule has 5 rings (SSSR count). The van der Waals surface area contributed by atoms with Crippen LogP contribution in [0.15, 0.2) is 94.6 Å². The molecule has 4 aromatic rings. The first kappa shape index (κ1) is 19.9. The van der Waals surface area contributed by atoms with Crippen LogP contribution < -0.4 is 10.6 Å². The zero-order chi connectivity index (χ0) is 21.9. The third-order valence-electron chi connectivity index (χ3n) is 5.23. The molecule has 1 aromatic heterocycles. The van der Waals surface area contributed by atoms with E-state index in [1.165, 1.54) is 11.3 Å². The molecule has 0 spiro atoms. The molecule has 1 aliphatic heterocycles. The highest BCUT2D eigenvalue weighted by Crippen LogP contribution is 2.32. The lowest BCUT2D eigenvalue weighted by atomic mass is 10.0. The van der Waals surface area contributed by atoms with Crippen LogP contribution in [-0.4, -0.2) is 17.5 Å². The molecular formula is C26H19N3O2S. The number of carbonyl (C=O) groups excluding carboxylic acids is 2. The lowest BCUT2D eigenvalue weighted by Gasteiger charge is -2.08. The van der Waals surface area contributed by atoms with Gasteiger partial charge in [0.2, 0.25) is 5.91 Å². The van der Waals surface area contributed by atoms with E-state index in [1.54, 1.807) is 0 Å². The average Bonchev–Trinajstić information content (AvgIpc) is 3.19. The molecule has 2 N–H and O–H groups in total. The van der Waals surface area contributed by atoms with Crippen LogP contribution >= 0.6 is 11.3 Å². The van der Waals surface area contributed by atoms with Crippen molar-refractivity contribution in [3.8, 4) is 11.1 Å². The molecule has 3 aromatic carbocycles. The lowest BCUT2D eigenvalue weighted by molar-refractivity contribution is -0.115. The van der Waals surface area contributed by atoms with Gasteiger partial charge in [-0.2, -0.15) is 0 Å². The second kappa shape index (κ2) is 8.61. The zero-order valence-electron chi connectivity index (χ0n) is 17.0. The van der Waals surface area contributed by atoms with E-state index in [0.29, 0.717) is 17.0 Å². The summed E-state index contributed by atoms with van der Waals surface area (Å²) in [4.78, 5) is 29.5. The SMILES string of the molecule is O=C1CC(c2ccc(NC(=O)c3ccc(-c4ccccc4)cc3)cc2)=Nc2cscc2N1. The maximum atomic E-state index is 12.7. The van der Waals surface area contributed by atoms with Gasteiger partial charge < -0.3 is 10.6 Å². The zero-order valence-corrected chi connectivity index (χ0v) is 17.9. The van der Waals surface area contributed by atoms with Crippen molar-refractivity contribution in [3.05, 3.63) is 101 Å². The molecule has 6 heteroatoms. The van der Waals surface area contributed by atoms with E-state index >= 15 is 0 Å². The molecule has 0 saturated carbocycles. The highest BCUT2D eigenvalue weighted by atomic mass is 32.1. The van der Waals surface area contributed by atoms with Crippen LogP contribution in [0.5, 0.6) is 0 Å². The summed E-state index contributed by atoms with van der Waals surface area (Å²) >= 11 is 1.50. The quantitative estimate of drug-likeness (QED) is 0.403. The molecule has 0 bridgehead atoms. The van der Waals surface area contributed by atoms with Crippen molar-refractivity contribution >= 4 is 45.9 Å². The molecule has 1 aliphatic rings. The molecule has 2 amide bonds. The highest BCUT2D eigenvalue weighted by Gasteiger charge is 2.18. The third-order valence-corrected chi connectivity index (χ3v) is 5.96. The first-order chi connectivity index (χ1) is 15.7. The van der Waals surface area contributed by atoms with Crippen molar-refractivity contribution in [1.29, 1.82) is 0 Å². The molecule has 0 aliphatic carbocycles. The molecule has 0 unspecified atom stereocenters. The van der Waals surface area contributed by atoms with Crippen LogP contribution in [0.25, 0.3) is 11.1 Å². The van der Waals surface area contributed by atoms with E-state index < -0.39 is 0 Å². The van der Waals surface area contributed by atoms with Crippen LogP contribution in [0.1, 0.15) is 22.3 Å². The van der Waals surface area contributed by atoms with Gasteiger partial charge in [0, 0.05) is 22.0 Å². The minimum atomic E-state index is -0.175. The Hall–Kier alpha value is -4.03. The van der Waals surface area contributed by atoms with Gasteiger partial charge in [0.05, 0.1) is 23.5 Å². The standard InChI is InChI=1S/C26H19N3O2S/c30-25-14-22(28-23-15-32-16-24(23)29-25)19-10-12-21(13-11-19)27-26(31)20-8-6-18(7-9-20)17-4-2-1-3-5-17/h1-13,15-16H,14H2,(H,27,31)(H,29,30). The van der Waals surface area contributed by atoms with Gasteiger partial charge in [-0.3, -0.25) is 9.59 Å². The van der Waals surface area contributed by atoms with Gasteiger partial charge in [0.1, 0.15) is 0 Å². The van der Waals surface area contributed by atoms with E-state index in [-0.39, 0.29) is 18.2 Å². The molecule has 2 heterocycles. The van der Waals surface area contributed by atoms with Crippen LogP contribution in [0.3, 0.4) is 0 Å². The normalized spacial score (nSPS) is 12.9. The van der Waals surface area contributed by atoms with Crippen LogP contribution in [0.2, 0.25) is 0 Å². The lowest BCUT2D eigenvalue weighted by Crippen LogP contribution is -2.15. The number of hydrogen-bond acceptors (Lipinski definition) is 4. The number of hydrogen-bond donors (Lipinski definition) is 2. The van der Waals surface area contributed by atoms with Gasteiger partial charge in [0.15, 0.2) is 0 Å². The van der Waals surface area contributed by atoms with Gasteiger partial charge in [-0.05, 0) is 41.0 Å². The number of amides is 2. The fraction of sp³-hybridized carbons (Fsp3) is 0.0385. The molecule has 0 fully saturated rings. The van der Waals surface area contributed by atoms with E-state index in [2.05, 4.69) is 15.6 Å². The number of carbonyl (C=O) groups is 2. The van der Waals surface area contributed by atoms with Crippen molar-refractivity contribution in [1.82, 2.24) is 0 Å². The van der Waals surface area contributed by atoms with Gasteiger partial charge >= 0.3 is 0 Å². The number of benzene rings is 3. The summed E-state index contributed by atoms with van der Waals surface area (Å²) in [6.07, 6.45) is 0.207. The molecule has 0 radical (unpaired) electrons. The summed E-state index contributed by atoms with van der Waals surface area (Å²) in [7, 11) is 0. The molecular weight excluding hydrogens is 418 g/mol. The number of fused-ring (bicyclic) bond motifs is 1. The number of anilines is 2. The number of nitrogens with one attached hydrogen (secondary N) is 2. The second-order valence-electron chi connectivity index (χ2n) is 7.43. The van der Waals surface area contributed by atoms with Crippen molar-refractivity contribution < 1.29 is 9.59 Å². The summed E-state index contributed by atoms with van der Waals surface area (Å²) in [5.74, 6) is -0.260. The molecule has 0 saturated heterocycles. The molecule has 5 nitrogen and oxygen atoms in total. The summed E-state index contributed by atoms with van der Waals surface area (Å²) in [6.45, 7) is 0. The summed E-state index contributed by atoms with van der Waals surface area (Å²) in [5.41, 5.74) is 6.51. The van der Waals surface area contributed by atoms with Gasteiger partial charge in [-0.25, -0.2) is 4.99 Å². The van der Waals surface area contributed by atoms with E-state index in [0.717, 1.165) is 28.1 Å². The Morgan fingerprint density at radius 1 is 0.844 bits per heavy atom. The molecule has 0 atom stereocenters. The molecule has 156 valence electrons. The van der Waals surface area contributed by atoms with Crippen LogP contribution in [-0.2, 0) is 4.79 Å². The Bertz CT molecular complexity index is 1310. The van der Waals surface area contributed by atoms with Crippen LogP contribution in [0.4, 0.5) is 17.1 Å². The predicted octanol–water partition coefficient (Wildman–Crippen LogP) is 6.13.